The molecular weight excluding hydrogens is 292 g/mol. The second-order valence-electron chi connectivity index (χ2n) is 6.81. The summed E-state index contributed by atoms with van der Waals surface area (Å²) in [7, 11) is 0. The van der Waals surface area contributed by atoms with E-state index in [0.717, 1.165) is 22.6 Å². The van der Waals surface area contributed by atoms with Crippen LogP contribution in [-0.2, 0) is 0 Å². The van der Waals surface area contributed by atoms with Crippen LogP contribution in [0.4, 0.5) is 0 Å². The highest BCUT2D eigenvalue weighted by molar-refractivity contribution is 5.70. The molecule has 0 radical (unpaired) electrons. The minimum atomic E-state index is 0.415. The number of nitrogens with zero attached hydrogens (tertiary/aromatic N) is 2. The average Bonchev–Trinajstić information content (AvgIpc) is 2.62. The molecule has 2 aromatic heterocycles. The summed E-state index contributed by atoms with van der Waals surface area (Å²) in [5, 5.41) is 0. The van der Waals surface area contributed by atoms with Gasteiger partial charge in [0.15, 0.2) is 0 Å². The number of aromatic nitrogens is 2. The fourth-order valence-corrected chi connectivity index (χ4v) is 2.71. The first-order chi connectivity index (χ1) is 11.5. The Bertz CT molecular complexity index is 794. The summed E-state index contributed by atoms with van der Waals surface area (Å²) in [5.41, 5.74) is 6.85. The van der Waals surface area contributed by atoms with Gasteiger partial charge in [-0.05, 0) is 47.2 Å². The molecule has 0 aliphatic rings. The lowest BCUT2D eigenvalue weighted by molar-refractivity contribution is 0.766. The summed E-state index contributed by atoms with van der Waals surface area (Å²) in [5.74, 6) is 0.829. The Labute approximate surface area is 144 Å². The van der Waals surface area contributed by atoms with Gasteiger partial charge in [0.25, 0.3) is 0 Å². The maximum Gasteiger partial charge on any atom is 0.0708 e. The zero-order chi connectivity index (χ0) is 17.1. The van der Waals surface area contributed by atoms with Crippen molar-refractivity contribution in [3.63, 3.8) is 0 Å². The maximum absolute atomic E-state index is 4.82. The van der Waals surface area contributed by atoms with Crippen molar-refractivity contribution >= 4 is 0 Å². The number of hydrogen-bond acceptors (Lipinski definition) is 2. The molecule has 0 spiro atoms. The summed E-state index contributed by atoms with van der Waals surface area (Å²) in [6.45, 7) is 8.77. The van der Waals surface area contributed by atoms with E-state index in [-0.39, 0.29) is 0 Å². The molecule has 2 heterocycles. The Morgan fingerprint density at radius 3 is 1.88 bits per heavy atom. The van der Waals surface area contributed by atoms with E-state index in [0.29, 0.717) is 11.8 Å². The smallest absolute Gasteiger partial charge is 0.0708 e. The maximum atomic E-state index is 4.82. The molecule has 0 amide bonds. The summed E-state index contributed by atoms with van der Waals surface area (Å²) in [6, 6.07) is 19.0. The van der Waals surface area contributed by atoms with Gasteiger partial charge in [-0.2, -0.15) is 0 Å². The van der Waals surface area contributed by atoms with Crippen molar-refractivity contribution in [1.29, 1.82) is 0 Å². The molecule has 0 aliphatic carbocycles. The quantitative estimate of drug-likeness (QED) is 0.585. The number of pyridine rings is 2. The van der Waals surface area contributed by atoms with Crippen LogP contribution in [0.15, 0.2) is 60.8 Å². The first-order valence-corrected chi connectivity index (χ1v) is 8.58. The Morgan fingerprint density at radius 1 is 0.667 bits per heavy atom. The van der Waals surface area contributed by atoms with Crippen LogP contribution in [0.2, 0.25) is 0 Å². The number of rotatable bonds is 4. The van der Waals surface area contributed by atoms with Crippen molar-refractivity contribution in [3.8, 4) is 22.4 Å². The van der Waals surface area contributed by atoms with Gasteiger partial charge in [-0.25, -0.2) is 0 Å². The van der Waals surface area contributed by atoms with Crippen molar-refractivity contribution in [2.45, 2.75) is 39.5 Å². The third-order valence-corrected chi connectivity index (χ3v) is 4.21. The zero-order valence-corrected chi connectivity index (χ0v) is 14.8. The molecule has 0 aliphatic heterocycles. The molecule has 0 atom stereocenters. The molecule has 0 unspecified atom stereocenters. The fraction of sp³-hybridized carbons (Fsp3) is 0.273. The predicted octanol–water partition coefficient (Wildman–Crippen LogP) is 6.06. The molecule has 2 heteroatoms. The van der Waals surface area contributed by atoms with Gasteiger partial charge in [0.1, 0.15) is 0 Å². The first-order valence-electron chi connectivity index (χ1n) is 8.58. The highest BCUT2D eigenvalue weighted by atomic mass is 14.7. The second-order valence-corrected chi connectivity index (χ2v) is 6.81. The van der Waals surface area contributed by atoms with Crippen LogP contribution in [0.5, 0.6) is 0 Å². The van der Waals surface area contributed by atoms with Crippen LogP contribution in [0.3, 0.4) is 0 Å². The van der Waals surface area contributed by atoms with Crippen LogP contribution in [-0.4, -0.2) is 9.97 Å². The molecule has 24 heavy (non-hydrogen) atoms. The summed E-state index contributed by atoms with van der Waals surface area (Å²) < 4.78 is 0. The molecule has 0 saturated heterocycles. The Balaban J connectivity index is 2.09. The topological polar surface area (TPSA) is 25.8 Å². The molecule has 122 valence electrons. The van der Waals surface area contributed by atoms with Gasteiger partial charge in [-0.3, -0.25) is 9.97 Å². The minimum Gasteiger partial charge on any atom is -0.257 e. The zero-order valence-electron chi connectivity index (χ0n) is 14.8. The van der Waals surface area contributed by atoms with E-state index in [4.69, 9.17) is 4.98 Å². The van der Waals surface area contributed by atoms with Gasteiger partial charge in [0, 0.05) is 23.1 Å². The van der Waals surface area contributed by atoms with Crippen molar-refractivity contribution in [2.75, 3.05) is 0 Å². The largest absolute Gasteiger partial charge is 0.257 e. The fourth-order valence-electron chi connectivity index (χ4n) is 2.71. The van der Waals surface area contributed by atoms with E-state index >= 15 is 0 Å². The standard InChI is InChI=1S/C22H24N2/c1-15(2)20-13-19(14-21(24-20)16(3)4)18-10-11-23-22(12-18)17-8-6-5-7-9-17/h5-16H,1-4H3. The second kappa shape index (κ2) is 6.96. The van der Waals surface area contributed by atoms with Gasteiger partial charge in [-0.1, -0.05) is 58.0 Å². The van der Waals surface area contributed by atoms with Gasteiger partial charge in [0.2, 0.25) is 0 Å². The highest BCUT2D eigenvalue weighted by Gasteiger charge is 2.11. The van der Waals surface area contributed by atoms with Crippen molar-refractivity contribution in [2.24, 2.45) is 0 Å². The van der Waals surface area contributed by atoms with Gasteiger partial charge >= 0.3 is 0 Å². The normalized spacial score (nSPS) is 11.2. The molecule has 1 aromatic carbocycles. The van der Waals surface area contributed by atoms with Gasteiger partial charge < -0.3 is 0 Å². The van der Waals surface area contributed by atoms with Crippen LogP contribution >= 0.6 is 0 Å². The SMILES string of the molecule is CC(C)c1cc(-c2ccnc(-c3ccccc3)c2)cc(C(C)C)n1. The van der Waals surface area contributed by atoms with Gasteiger partial charge in [0.05, 0.1) is 5.69 Å². The Morgan fingerprint density at radius 2 is 1.29 bits per heavy atom. The van der Waals surface area contributed by atoms with E-state index in [1.165, 1.54) is 11.1 Å². The Hall–Kier alpha value is -2.48. The van der Waals surface area contributed by atoms with Crippen LogP contribution in [0.25, 0.3) is 22.4 Å². The van der Waals surface area contributed by atoms with Crippen molar-refractivity contribution in [1.82, 2.24) is 9.97 Å². The van der Waals surface area contributed by atoms with Crippen LogP contribution in [0, 0.1) is 0 Å². The van der Waals surface area contributed by atoms with E-state index in [1.54, 1.807) is 0 Å². The number of hydrogen-bond donors (Lipinski definition) is 0. The van der Waals surface area contributed by atoms with Gasteiger partial charge in [-0.15, -0.1) is 0 Å². The molecule has 0 bridgehead atoms. The van der Waals surface area contributed by atoms with Crippen molar-refractivity contribution < 1.29 is 0 Å². The number of benzene rings is 1. The molecule has 3 aromatic rings. The Kier molecular flexibility index (Phi) is 4.75. The first kappa shape index (κ1) is 16.4. The molecule has 0 fully saturated rings. The summed E-state index contributed by atoms with van der Waals surface area (Å²) >= 11 is 0. The molecule has 2 nitrogen and oxygen atoms in total. The van der Waals surface area contributed by atoms with Crippen molar-refractivity contribution in [3.05, 3.63) is 72.2 Å². The highest BCUT2D eigenvalue weighted by Crippen LogP contribution is 2.29. The summed E-state index contributed by atoms with van der Waals surface area (Å²) in [6.07, 6.45) is 1.89. The van der Waals surface area contributed by atoms with E-state index in [9.17, 15) is 0 Å². The van der Waals surface area contributed by atoms with E-state index in [1.807, 2.05) is 24.4 Å². The lowest BCUT2D eigenvalue weighted by atomic mass is 9.97. The molecule has 0 saturated carbocycles. The predicted molar refractivity (Wildman–Crippen MR) is 101 cm³/mol. The third kappa shape index (κ3) is 3.53. The monoisotopic (exact) mass is 316 g/mol. The lowest BCUT2D eigenvalue weighted by Crippen LogP contribution is -2.00. The minimum absolute atomic E-state index is 0.415. The average molecular weight is 316 g/mol. The molecular formula is C22H24N2. The lowest BCUT2D eigenvalue weighted by Gasteiger charge is -2.14. The van der Waals surface area contributed by atoms with E-state index in [2.05, 4.69) is 69.1 Å². The molecule has 0 N–H and O–H groups in total. The van der Waals surface area contributed by atoms with Crippen LogP contribution < -0.4 is 0 Å². The van der Waals surface area contributed by atoms with E-state index < -0.39 is 0 Å². The summed E-state index contributed by atoms with van der Waals surface area (Å²) in [4.78, 5) is 9.36. The third-order valence-electron chi connectivity index (χ3n) is 4.21. The molecule has 3 rings (SSSR count). The van der Waals surface area contributed by atoms with Crippen LogP contribution in [0.1, 0.15) is 50.9 Å².